The van der Waals surface area contributed by atoms with Gasteiger partial charge in [-0.2, -0.15) is 19.9 Å². The lowest BCUT2D eigenvalue weighted by Crippen LogP contribution is -2.07. The van der Waals surface area contributed by atoms with E-state index in [1.54, 1.807) is 0 Å². The molecule has 0 saturated heterocycles. The summed E-state index contributed by atoms with van der Waals surface area (Å²) in [6.45, 7) is 0. The van der Waals surface area contributed by atoms with E-state index in [1.807, 2.05) is 109 Å². The highest BCUT2D eigenvalue weighted by molar-refractivity contribution is 6.21. The zero-order valence-corrected chi connectivity index (χ0v) is 33.5. The van der Waals surface area contributed by atoms with Gasteiger partial charge in [-0.3, -0.25) is 9.13 Å². The maximum atomic E-state index is 6.77. The summed E-state index contributed by atoms with van der Waals surface area (Å²) < 4.78 is 11.0. The second-order valence-corrected chi connectivity index (χ2v) is 15.5. The Morgan fingerprint density at radius 3 is 1.32 bits per heavy atom. The third-order valence-corrected chi connectivity index (χ3v) is 11.9. The highest BCUT2D eigenvalue weighted by atomic mass is 16.3. The molecule has 13 aromatic rings. The Morgan fingerprint density at radius 1 is 0.302 bits per heavy atom. The van der Waals surface area contributed by atoms with Gasteiger partial charge in [0.1, 0.15) is 11.1 Å². The summed E-state index contributed by atoms with van der Waals surface area (Å²) in [5.41, 5.74) is 8.84. The van der Waals surface area contributed by atoms with Gasteiger partial charge < -0.3 is 4.42 Å². The minimum Gasteiger partial charge on any atom is -0.454 e. The van der Waals surface area contributed by atoms with Gasteiger partial charge in [-0.15, -0.1) is 0 Å². The van der Waals surface area contributed by atoms with E-state index in [9.17, 15) is 0 Å². The molecule has 0 spiro atoms. The third-order valence-electron chi connectivity index (χ3n) is 11.9. The van der Waals surface area contributed by atoms with E-state index in [-0.39, 0.29) is 0 Å². The normalized spacial score (nSPS) is 11.8. The average Bonchev–Trinajstić information content (AvgIpc) is 4.02. The molecule has 0 amide bonds. The summed E-state index contributed by atoms with van der Waals surface area (Å²) in [6, 6.07) is 65.8. The Morgan fingerprint density at radius 2 is 0.746 bits per heavy atom. The van der Waals surface area contributed by atoms with Crippen LogP contribution in [0.1, 0.15) is 0 Å². The molecule has 9 heteroatoms. The first-order chi connectivity index (χ1) is 31.2. The van der Waals surface area contributed by atoms with E-state index >= 15 is 0 Å². The van der Waals surface area contributed by atoms with E-state index in [2.05, 4.69) is 94.1 Å². The Balaban J connectivity index is 1.10. The fraction of sp³-hybridized carbons (Fsp3) is 0. The second kappa shape index (κ2) is 13.9. The molecule has 5 aromatic heterocycles. The van der Waals surface area contributed by atoms with Crippen molar-refractivity contribution in [2.24, 2.45) is 0 Å². The number of hydrogen-bond acceptors (Lipinski definition) is 7. The van der Waals surface area contributed by atoms with Gasteiger partial charge in [0, 0.05) is 54.6 Å². The van der Waals surface area contributed by atoms with Gasteiger partial charge in [0.05, 0.1) is 16.6 Å². The quantitative estimate of drug-likeness (QED) is 0.165. The van der Waals surface area contributed by atoms with Crippen molar-refractivity contribution in [3.05, 3.63) is 194 Å². The molecule has 63 heavy (non-hydrogen) atoms. The lowest BCUT2D eigenvalue weighted by molar-refractivity contribution is 0.670. The first kappa shape index (κ1) is 35.0. The smallest absolute Gasteiger partial charge is 0.238 e. The SMILES string of the molecule is c1ccc(-c2nc(-c3ccc4c(c3)c3ccc5c6ccccc6oc5c3n4-c3nc(-c4ccccc4)nc(-c4ccccc4)n3)nc(-n3c4ccccc4c4ccccc43)n2)cc1. The van der Waals surface area contributed by atoms with Crippen LogP contribution in [0.2, 0.25) is 0 Å². The van der Waals surface area contributed by atoms with Crippen LogP contribution in [0.3, 0.4) is 0 Å². The van der Waals surface area contributed by atoms with Gasteiger partial charge in [0.15, 0.2) is 28.9 Å². The molecule has 5 heterocycles. The van der Waals surface area contributed by atoms with Crippen molar-refractivity contribution in [1.82, 2.24) is 39.0 Å². The molecular weight excluding hydrogens is 777 g/mol. The van der Waals surface area contributed by atoms with Crippen LogP contribution in [0, 0.1) is 0 Å². The molecule has 0 aliphatic rings. The summed E-state index contributed by atoms with van der Waals surface area (Å²) in [6.07, 6.45) is 0. The van der Waals surface area contributed by atoms with Crippen molar-refractivity contribution in [1.29, 1.82) is 0 Å². The number of furan rings is 1. The lowest BCUT2D eigenvalue weighted by atomic mass is 10.1. The second-order valence-electron chi connectivity index (χ2n) is 15.5. The average molecular weight is 809 g/mol. The minimum atomic E-state index is 0.476. The van der Waals surface area contributed by atoms with Crippen molar-refractivity contribution in [2.45, 2.75) is 0 Å². The highest BCUT2D eigenvalue weighted by Crippen LogP contribution is 2.41. The van der Waals surface area contributed by atoms with Crippen molar-refractivity contribution >= 4 is 65.6 Å². The number of para-hydroxylation sites is 3. The van der Waals surface area contributed by atoms with Crippen LogP contribution in [-0.4, -0.2) is 39.0 Å². The van der Waals surface area contributed by atoms with Crippen LogP contribution in [0.5, 0.6) is 0 Å². The number of aromatic nitrogens is 8. The Bertz CT molecular complexity index is 3800. The molecule has 294 valence electrons. The summed E-state index contributed by atoms with van der Waals surface area (Å²) in [4.78, 5) is 31.0. The number of hydrogen-bond donors (Lipinski definition) is 0. The van der Waals surface area contributed by atoms with Crippen LogP contribution in [-0.2, 0) is 0 Å². The predicted octanol–water partition coefficient (Wildman–Crippen LogP) is 12.8. The van der Waals surface area contributed by atoms with Crippen LogP contribution >= 0.6 is 0 Å². The lowest BCUT2D eigenvalue weighted by Gasteiger charge is -2.12. The number of benzene rings is 8. The summed E-state index contributed by atoms with van der Waals surface area (Å²) in [5, 5.41) is 6.24. The molecule has 0 aliphatic carbocycles. The first-order valence-electron chi connectivity index (χ1n) is 20.8. The topological polar surface area (TPSA) is 100 Å². The van der Waals surface area contributed by atoms with Crippen molar-refractivity contribution in [2.75, 3.05) is 0 Å². The predicted molar refractivity (Wildman–Crippen MR) is 251 cm³/mol. The van der Waals surface area contributed by atoms with Gasteiger partial charge in [-0.25, -0.2) is 9.97 Å². The number of nitrogens with zero attached hydrogens (tertiary/aromatic N) is 8. The molecule has 0 bridgehead atoms. The molecule has 9 nitrogen and oxygen atoms in total. The fourth-order valence-corrected chi connectivity index (χ4v) is 8.97. The van der Waals surface area contributed by atoms with Gasteiger partial charge in [-0.05, 0) is 42.5 Å². The zero-order chi connectivity index (χ0) is 41.4. The van der Waals surface area contributed by atoms with Gasteiger partial charge in [-0.1, -0.05) is 152 Å². The maximum absolute atomic E-state index is 6.77. The molecule has 0 N–H and O–H groups in total. The molecule has 0 fully saturated rings. The van der Waals surface area contributed by atoms with E-state index in [1.165, 1.54) is 0 Å². The van der Waals surface area contributed by atoms with Crippen LogP contribution < -0.4 is 0 Å². The summed E-state index contributed by atoms with van der Waals surface area (Å²) in [7, 11) is 0. The van der Waals surface area contributed by atoms with Gasteiger partial charge >= 0.3 is 0 Å². The van der Waals surface area contributed by atoms with Gasteiger partial charge in [0.2, 0.25) is 11.9 Å². The maximum Gasteiger partial charge on any atom is 0.238 e. The molecular formula is C54H32N8O. The Labute approximate surface area is 359 Å². The molecule has 0 radical (unpaired) electrons. The highest BCUT2D eigenvalue weighted by Gasteiger charge is 2.24. The van der Waals surface area contributed by atoms with Crippen LogP contribution in [0.4, 0.5) is 0 Å². The molecule has 0 aliphatic heterocycles. The number of fused-ring (bicyclic) bond motifs is 10. The fourth-order valence-electron chi connectivity index (χ4n) is 8.97. The van der Waals surface area contributed by atoms with Crippen molar-refractivity contribution in [3.8, 4) is 57.4 Å². The summed E-state index contributed by atoms with van der Waals surface area (Å²) >= 11 is 0. The Hall–Kier alpha value is -8.82. The molecule has 0 saturated carbocycles. The first-order valence-corrected chi connectivity index (χ1v) is 20.8. The zero-order valence-electron chi connectivity index (χ0n) is 33.5. The monoisotopic (exact) mass is 808 g/mol. The molecule has 0 unspecified atom stereocenters. The molecule has 0 atom stereocenters. The largest absolute Gasteiger partial charge is 0.454 e. The van der Waals surface area contributed by atoms with Crippen molar-refractivity contribution < 1.29 is 4.42 Å². The van der Waals surface area contributed by atoms with Crippen molar-refractivity contribution in [3.63, 3.8) is 0 Å². The Kier molecular flexibility index (Phi) is 7.70. The van der Waals surface area contributed by atoms with E-state index in [0.29, 0.717) is 35.2 Å². The molecule has 8 aromatic carbocycles. The number of rotatable bonds is 6. The van der Waals surface area contributed by atoms with Gasteiger partial charge in [0.25, 0.3) is 0 Å². The molecule has 13 rings (SSSR count). The standard InChI is InChI=1S/C54H32N8O/c1-4-16-33(17-5-1)49-55-50(34-18-6-2-7-19-34)59-54(58-49)62-45-31-28-36(32-42(45)40-29-30-41-39-24-12-15-27-46(39)63-48(41)47(40)62)52-56-51(35-20-8-3-9-21-35)57-53(60-52)61-43-25-13-10-22-37(43)38-23-11-14-26-44(38)61/h1-32H. The minimum absolute atomic E-state index is 0.476. The third kappa shape index (κ3) is 5.57. The van der Waals surface area contributed by atoms with Crippen LogP contribution in [0.25, 0.3) is 123 Å². The summed E-state index contributed by atoms with van der Waals surface area (Å²) in [5.74, 6) is 3.28. The van der Waals surface area contributed by atoms with E-state index in [4.69, 9.17) is 34.3 Å². The van der Waals surface area contributed by atoms with E-state index in [0.717, 1.165) is 87.8 Å². The van der Waals surface area contributed by atoms with Crippen LogP contribution in [0.15, 0.2) is 199 Å². The van der Waals surface area contributed by atoms with E-state index < -0.39 is 0 Å².